The molecule has 0 unspecified atom stereocenters. The molecule has 1 aromatic heterocycles. The van der Waals surface area contributed by atoms with E-state index in [-0.39, 0.29) is 15.8 Å². The lowest BCUT2D eigenvalue weighted by Gasteiger charge is -2.10. The number of fused-ring (bicyclic) bond motifs is 1. The van der Waals surface area contributed by atoms with E-state index in [1.165, 1.54) is 25.1 Å². The molecule has 0 saturated heterocycles. The number of sulfonamides is 1. The average Bonchev–Trinajstić information content (AvgIpc) is 2.87. The quantitative estimate of drug-likeness (QED) is 0.698. The molecular weight excluding hydrogens is 382 g/mol. The lowest BCUT2D eigenvalue weighted by molar-refractivity contribution is -0.114. The maximum absolute atomic E-state index is 12.6. The van der Waals surface area contributed by atoms with Gasteiger partial charge in [0, 0.05) is 6.92 Å². The molecule has 0 saturated carbocycles. The number of amides is 1. The van der Waals surface area contributed by atoms with Crippen LogP contribution in [-0.4, -0.2) is 19.3 Å². The number of hydrogen-bond acceptors (Lipinski definition) is 5. The predicted molar refractivity (Wildman–Crippen MR) is 101 cm³/mol. The van der Waals surface area contributed by atoms with Crippen molar-refractivity contribution < 1.29 is 13.2 Å². The van der Waals surface area contributed by atoms with Crippen molar-refractivity contribution in [1.82, 2.24) is 4.98 Å². The number of benzene rings is 2. The van der Waals surface area contributed by atoms with Gasteiger partial charge in [0.25, 0.3) is 10.0 Å². The number of hydrogen-bond donors (Lipinski definition) is 2. The highest BCUT2D eigenvalue weighted by Crippen LogP contribution is 2.28. The van der Waals surface area contributed by atoms with Crippen LogP contribution in [0.3, 0.4) is 0 Å². The molecule has 6 nitrogen and oxygen atoms in total. The highest BCUT2D eigenvalue weighted by atomic mass is 35.5. The second-order valence-electron chi connectivity index (χ2n) is 5.34. The van der Waals surface area contributed by atoms with Crippen molar-refractivity contribution in [3.63, 3.8) is 0 Å². The fourth-order valence-corrected chi connectivity index (χ4v) is 4.45. The number of nitrogens with one attached hydrogen (secondary N) is 2. The van der Waals surface area contributed by atoms with E-state index in [1.54, 1.807) is 23.5 Å². The Morgan fingerprint density at radius 1 is 1.20 bits per heavy atom. The van der Waals surface area contributed by atoms with Crippen LogP contribution in [0.5, 0.6) is 0 Å². The van der Waals surface area contributed by atoms with E-state index < -0.39 is 10.0 Å². The molecule has 1 amide bonds. The zero-order chi connectivity index (χ0) is 18.2. The lowest BCUT2D eigenvalue weighted by Crippen LogP contribution is -2.13. The minimum Gasteiger partial charge on any atom is -0.325 e. The highest BCUT2D eigenvalue weighted by Gasteiger charge is 2.17. The summed E-state index contributed by atoms with van der Waals surface area (Å²) in [6, 6.07) is 9.32. The summed E-state index contributed by atoms with van der Waals surface area (Å²) < 4.78 is 28.6. The van der Waals surface area contributed by atoms with E-state index in [4.69, 9.17) is 11.6 Å². The van der Waals surface area contributed by atoms with Crippen molar-refractivity contribution in [3.05, 3.63) is 46.4 Å². The van der Waals surface area contributed by atoms with Gasteiger partial charge >= 0.3 is 0 Å². The van der Waals surface area contributed by atoms with Crippen LogP contribution < -0.4 is 10.0 Å². The number of nitrogens with zero attached hydrogens (tertiary/aromatic N) is 1. The topological polar surface area (TPSA) is 88.2 Å². The molecule has 130 valence electrons. The van der Waals surface area contributed by atoms with E-state index in [1.807, 2.05) is 13.0 Å². The highest BCUT2D eigenvalue weighted by molar-refractivity contribution is 7.92. The van der Waals surface area contributed by atoms with Gasteiger partial charge in [0.1, 0.15) is 0 Å². The number of rotatable bonds is 4. The van der Waals surface area contributed by atoms with Gasteiger partial charge in [-0.1, -0.05) is 11.6 Å². The Bertz CT molecular complexity index is 1080. The standard InChI is InChI=1S/C16H14ClN3O3S2/c1-9(21)18-14-5-4-12(8-13(14)17)25(22,23)20-11-3-6-16-15(7-11)19-10(2)24-16/h3-8,20H,1-2H3,(H,18,21). The second-order valence-corrected chi connectivity index (χ2v) is 8.67. The van der Waals surface area contributed by atoms with Gasteiger partial charge in [-0.2, -0.15) is 0 Å². The first-order chi connectivity index (χ1) is 11.7. The number of thiazole rings is 1. The summed E-state index contributed by atoms with van der Waals surface area (Å²) in [6.07, 6.45) is 0. The molecule has 0 bridgehead atoms. The monoisotopic (exact) mass is 395 g/mol. The molecule has 9 heteroatoms. The third-order valence-electron chi connectivity index (χ3n) is 3.31. The van der Waals surface area contributed by atoms with Crippen molar-refractivity contribution in [3.8, 4) is 0 Å². The summed E-state index contributed by atoms with van der Waals surface area (Å²) in [5, 5.41) is 3.59. The Kier molecular flexibility index (Phi) is 4.68. The van der Waals surface area contributed by atoms with E-state index in [0.717, 1.165) is 15.2 Å². The molecule has 0 atom stereocenters. The SMILES string of the molecule is CC(=O)Nc1ccc(S(=O)(=O)Nc2ccc3sc(C)nc3c2)cc1Cl. The van der Waals surface area contributed by atoms with Gasteiger partial charge in [-0.05, 0) is 43.3 Å². The van der Waals surface area contributed by atoms with Gasteiger partial charge in [-0.15, -0.1) is 11.3 Å². The molecule has 3 rings (SSSR count). The number of anilines is 2. The van der Waals surface area contributed by atoms with Crippen LogP contribution in [0, 0.1) is 6.92 Å². The molecule has 2 aromatic carbocycles. The van der Waals surface area contributed by atoms with Crippen LogP contribution in [0.4, 0.5) is 11.4 Å². The zero-order valence-corrected chi connectivity index (χ0v) is 15.7. The number of aryl methyl sites for hydroxylation is 1. The maximum atomic E-state index is 12.6. The van der Waals surface area contributed by atoms with Crippen LogP contribution in [0.25, 0.3) is 10.2 Å². The van der Waals surface area contributed by atoms with E-state index in [2.05, 4.69) is 15.0 Å². The number of halogens is 1. The lowest BCUT2D eigenvalue weighted by atomic mass is 10.3. The number of carbonyl (C=O) groups is 1. The second kappa shape index (κ2) is 6.62. The van der Waals surface area contributed by atoms with E-state index in [9.17, 15) is 13.2 Å². The molecular formula is C16H14ClN3O3S2. The van der Waals surface area contributed by atoms with Gasteiger partial charge in [0.2, 0.25) is 5.91 Å². The first-order valence-corrected chi connectivity index (χ1v) is 9.89. The van der Waals surface area contributed by atoms with Crippen LogP contribution >= 0.6 is 22.9 Å². The molecule has 0 fully saturated rings. The van der Waals surface area contributed by atoms with Gasteiger partial charge < -0.3 is 5.32 Å². The van der Waals surface area contributed by atoms with Crippen LogP contribution in [0.15, 0.2) is 41.3 Å². The van der Waals surface area contributed by atoms with Crippen molar-refractivity contribution in [2.75, 3.05) is 10.0 Å². The van der Waals surface area contributed by atoms with Crippen molar-refractivity contribution >= 4 is 60.5 Å². The van der Waals surface area contributed by atoms with Crippen LogP contribution in [-0.2, 0) is 14.8 Å². The molecule has 0 spiro atoms. The number of aromatic nitrogens is 1. The fraction of sp³-hybridized carbons (Fsp3) is 0.125. The molecule has 0 aliphatic heterocycles. The average molecular weight is 396 g/mol. The Balaban J connectivity index is 1.89. The van der Waals surface area contributed by atoms with Crippen molar-refractivity contribution in [2.45, 2.75) is 18.7 Å². The smallest absolute Gasteiger partial charge is 0.261 e. The minimum atomic E-state index is -3.81. The van der Waals surface area contributed by atoms with Gasteiger partial charge in [0.15, 0.2) is 0 Å². The first-order valence-electron chi connectivity index (χ1n) is 7.22. The first kappa shape index (κ1) is 17.7. The van der Waals surface area contributed by atoms with Gasteiger partial charge in [-0.3, -0.25) is 9.52 Å². The summed E-state index contributed by atoms with van der Waals surface area (Å²) in [5.41, 5.74) is 1.51. The largest absolute Gasteiger partial charge is 0.325 e. The Hall–Kier alpha value is -2.16. The normalized spacial score (nSPS) is 11.5. The summed E-state index contributed by atoms with van der Waals surface area (Å²) in [4.78, 5) is 15.4. The summed E-state index contributed by atoms with van der Waals surface area (Å²) in [5.74, 6) is -0.289. The summed E-state index contributed by atoms with van der Waals surface area (Å²) in [7, 11) is -3.81. The predicted octanol–water partition coefficient (Wildman–Crippen LogP) is 4.02. The molecule has 0 aliphatic rings. The third-order valence-corrected chi connectivity index (χ3v) is 5.95. The van der Waals surface area contributed by atoms with Gasteiger partial charge in [0.05, 0.1) is 36.5 Å². The molecule has 3 aromatic rings. The fourth-order valence-electron chi connectivity index (χ4n) is 2.27. The molecule has 1 heterocycles. The third kappa shape index (κ3) is 3.92. The van der Waals surface area contributed by atoms with E-state index in [0.29, 0.717) is 11.4 Å². The summed E-state index contributed by atoms with van der Waals surface area (Å²) >= 11 is 7.59. The molecule has 25 heavy (non-hydrogen) atoms. The molecule has 0 aliphatic carbocycles. The van der Waals surface area contributed by atoms with Gasteiger partial charge in [-0.25, -0.2) is 13.4 Å². The zero-order valence-electron chi connectivity index (χ0n) is 13.3. The Morgan fingerprint density at radius 3 is 2.64 bits per heavy atom. The number of carbonyl (C=O) groups excluding carboxylic acids is 1. The van der Waals surface area contributed by atoms with E-state index >= 15 is 0 Å². The van der Waals surface area contributed by atoms with Crippen molar-refractivity contribution in [1.29, 1.82) is 0 Å². The summed E-state index contributed by atoms with van der Waals surface area (Å²) in [6.45, 7) is 3.24. The van der Waals surface area contributed by atoms with Crippen LogP contribution in [0.2, 0.25) is 5.02 Å². The Labute approximate surface area is 153 Å². The molecule has 2 N–H and O–H groups in total. The maximum Gasteiger partial charge on any atom is 0.261 e. The molecule has 0 radical (unpaired) electrons. The van der Waals surface area contributed by atoms with Crippen LogP contribution in [0.1, 0.15) is 11.9 Å². The Morgan fingerprint density at radius 2 is 1.96 bits per heavy atom. The minimum absolute atomic E-state index is 0.00107. The van der Waals surface area contributed by atoms with Crippen molar-refractivity contribution in [2.24, 2.45) is 0 Å².